The van der Waals surface area contributed by atoms with Crippen LogP contribution in [-0.2, 0) is 4.79 Å². The van der Waals surface area contributed by atoms with Gasteiger partial charge in [-0.25, -0.2) is 4.39 Å². The summed E-state index contributed by atoms with van der Waals surface area (Å²) in [4.78, 5) is 10.7. The lowest BCUT2D eigenvalue weighted by atomic mass is 10.1. The molecule has 1 atom stereocenters. The van der Waals surface area contributed by atoms with E-state index in [1.165, 1.54) is 12.1 Å². The van der Waals surface area contributed by atoms with Gasteiger partial charge in [0.15, 0.2) is 0 Å². The van der Waals surface area contributed by atoms with E-state index >= 15 is 0 Å². The molecule has 3 nitrogen and oxygen atoms in total. The summed E-state index contributed by atoms with van der Waals surface area (Å²) in [6.07, 6.45) is 0. The predicted molar refractivity (Wildman–Crippen MR) is 47.5 cm³/mol. The van der Waals surface area contributed by atoms with E-state index in [-0.39, 0.29) is 5.02 Å². The number of halogens is 2. The van der Waals surface area contributed by atoms with E-state index in [0.717, 1.165) is 6.07 Å². The van der Waals surface area contributed by atoms with Crippen LogP contribution in [0.1, 0.15) is 11.6 Å². The van der Waals surface area contributed by atoms with Crippen molar-refractivity contribution < 1.29 is 9.18 Å². The molecule has 0 aliphatic rings. The average Bonchev–Trinajstić information content (AvgIpc) is 2.08. The van der Waals surface area contributed by atoms with Gasteiger partial charge in [0.25, 0.3) is 0 Å². The molecule has 0 spiro atoms. The zero-order valence-corrected chi connectivity index (χ0v) is 7.38. The summed E-state index contributed by atoms with van der Waals surface area (Å²) in [6, 6.07) is 2.85. The lowest BCUT2D eigenvalue weighted by Gasteiger charge is -2.07. The molecule has 1 aromatic rings. The van der Waals surface area contributed by atoms with Crippen molar-refractivity contribution in [3.05, 3.63) is 34.6 Å². The molecule has 0 radical (unpaired) electrons. The Morgan fingerprint density at radius 1 is 1.54 bits per heavy atom. The number of carbonyl (C=O) groups is 1. The quantitative estimate of drug-likeness (QED) is 0.750. The Morgan fingerprint density at radius 2 is 2.15 bits per heavy atom. The molecule has 13 heavy (non-hydrogen) atoms. The van der Waals surface area contributed by atoms with E-state index in [9.17, 15) is 9.18 Å². The molecule has 0 heterocycles. The molecule has 0 saturated heterocycles. The van der Waals surface area contributed by atoms with E-state index < -0.39 is 17.8 Å². The van der Waals surface area contributed by atoms with Gasteiger partial charge in [0.2, 0.25) is 5.91 Å². The third kappa shape index (κ3) is 2.17. The van der Waals surface area contributed by atoms with E-state index in [4.69, 9.17) is 23.1 Å². The Kier molecular flexibility index (Phi) is 2.85. The number of carbonyl (C=O) groups excluding carboxylic acids is 1. The number of rotatable bonds is 2. The molecule has 1 unspecified atom stereocenters. The number of hydrogen-bond donors (Lipinski definition) is 2. The Bertz CT molecular complexity index is 343. The van der Waals surface area contributed by atoms with Gasteiger partial charge in [0.05, 0.1) is 5.02 Å². The van der Waals surface area contributed by atoms with Crippen molar-refractivity contribution in [3.8, 4) is 0 Å². The Morgan fingerprint density at radius 3 is 2.62 bits per heavy atom. The van der Waals surface area contributed by atoms with Crippen molar-refractivity contribution in [3.63, 3.8) is 0 Å². The van der Waals surface area contributed by atoms with Crippen LogP contribution >= 0.6 is 11.6 Å². The lowest BCUT2D eigenvalue weighted by Crippen LogP contribution is -2.28. The van der Waals surface area contributed by atoms with Crippen LogP contribution in [0.3, 0.4) is 0 Å². The number of benzene rings is 1. The minimum absolute atomic E-state index is 0.0748. The standard InChI is InChI=1S/C8H8ClFN2O/c9-5-3-4(1-2-6(5)10)7(11)8(12)13/h1-3,7H,11H2,(H2,12,13). The largest absolute Gasteiger partial charge is 0.368 e. The van der Waals surface area contributed by atoms with Crippen LogP contribution in [-0.4, -0.2) is 5.91 Å². The molecule has 0 fully saturated rings. The van der Waals surface area contributed by atoms with Crippen LogP contribution in [0.5, 0.6) is 0 Å². The average molecular weight is 203 g/mol. The van der Waals surface area contributed by atoms with Crippen molar-refractivity contribution in [2.24, 2.45) is 11.5 Å². The monoisotopic (exact) mass is 202 g/mol. The zero-order valence-electron chi connectivity index (χ0n) is 6.63. The molecule has 0 aliphatic carbocycles. The van der Waals surface area contributed by atoms with E-state index in [1.54, 1.807) is 0 Å². The molecule has 0 aliphatic heterocycles. The Hall–Kier alpha value is -1.13. The molecule has 5 heteroatoms. The number of primary amides is 1. The van der Waals surface area contributed by atoms with Crippen LogP contribution < -0.4 is 11.5 Å². The van der Waals surface area contributed by atoms with E-state index in [1.807, 2.05) is 0 Å². The van der Waals surface area contributed by atoms with Crippen LogP contribution in [0.15, 0.2) is 18.2 Å². The van der Waals surface area contributed by atoms with Gasteiger partial charge in [-0.15, -0.1) is 0 Å². The minimum Gasteiger partial charge on any atom is -0.368 e. The SMILES string of the molecule is NC(=O)C(N)c1ccc(F)c(Cl)c1. The predicted octanol–water partition coefficient (Wildman–Crippen LogP) is 0.964. The van der Waals surface area contributed by atoms with Gasteiger partial charge < -0.3 is 11.5 Å². The smallest absolute Gasteiger partial charge is 0.238 e. The summed E-state index contributed by atoms with van der Waals surface area (Å²) in [5, 5.41) is -0.0748. The Labute approximate surface area is 79.5 Å². The van der Waals surface area contributed by atoms with Gasteiger partial charge in [0.1, 0.15) is 11.9 Å². The van der Waals surface area contributed by atoms with Gasteiger partial charge in [-0.2, -0.15) is 0 Å². The second-order valence-electron chi connectivity index (χ2n) is 2.55. The van der Waals surface area contributed by atoms with Crippen molar-refractivity contribution in [1.29, 1.82) is 0 Å². The summed E-state index contributed by atoms with van der Waals surface area (Å²) in [5.74, 6) is -1.23. The van der Waals surface area contributed by atoms with Crippen molar-refractivity contribution in [2.75, 3.05) is 0 Å². The molecule has 0 aromatic heterocycles. The van der Waals surface area contributed by atoms with Gasteiger partial charge in [-0.1, -0.05) is 17.7 Å². The molecule has 0 bridgehead atoms. The van der Waals surface area contributed by atoms with Crippen LogP contribution in [0.25, 0.3) is 0 Å². The molecule has 1 rings (SSSR count). The van der Waals surface area contributed by atoms with E-state index in [0.29, 0.717) is 5.56 Å². The maximum absolute atomic E-state index is 12.7. The van der Waals surface area contributed by atoms with Crippen molar-refractivity contribution >= 4 is 17.5 Å². The molecular weight excluding hydrogens is 195 g/mol. The van der Waals surface area contributed by atoms with E-state index in [2.05, 4.69) is 0 Å². The second-order valence-corrected chi connectivity index (χ2v) is 2.96. The van der Waals surface area contributed by atoms with Crippen LogP contribution in [0, 0.1) is 5.82 Å². The summed E-state index contributed by atoms with van der Waals surface area (Å²) in [5.41, 5.74) is 10.8. The van der Waals surface area contributed by atoms with Gasteiger partial charge in [-0.05, 0) is 17.7 Å². The molecule has 1 aromatic carbocycles. The fraction of sp³-hybridized carbons (Fsp3) is 0.125. The van der Waals surface area contributed by atoms with Crippen molar-refractivity contribution in [2.45, 2.75) is 6.04 Å². The molecule has 70 valence electrons. The molecular formula is C8H8ClFN2O. The Balaban J connectivity index is 3.03. The van der Waals surface area contributed by atoms with Crippen molar-refractivity contribution in [1.82, 2.24) is 0 Å². The fourth-order valence-corrected chi connectivity index (χ4v) is 1.06. The fourth-order valence-electron chi connectivity index (χ4n) is 0.870. The highest BCUT2D eigenvalue weighted by Crippen LogP contribution is 2.19. The summed E-state index contributed by atoms with van der Waals surface area (Å²) < 4.78 is 12.7. The lowest BCUT2D eigenvalue weighted by molar-refractivity contribution is -0.119. The first kappa shape index (κ1) is 9.95. The molecule has 0 saturated carbocycles. The first-order valence-corrected chi connectivity index (χ1v) is 3.90. The van der Waals surface area contributed by atoms with Gasteiger partial charge >= 0.3 is 0 Å². The highest BCUT2D eigenvalue weighted by atomic mass is 35.5. The van der Waals surface area contributed by atoms with Gasteiger partial charge in [0, 0.05) is 0 Å². The zero-order chi connectivity index (χ0) is 10.0. The topological polar surface area (TPSA) is 69.1 Å². The summed E-state index contributed by atoms with van der Waals surface area (Å²) >= 11 is 5.48. The van der Waals surface area contributed by atoms with Gasteiger partial charge in [-0.3, -0.25) is 4.79 Å². The van der Waals surface area contributed by atoms with Crippen LogP contribution in [0.2, 0.25) is 5.02 Å². The summed E-state index contributed by atoms with van der Waals surface area (Å²) in [7, 11) is 0. The summed E-state index contributed by atoms with van der Waals surface area (Å²) in [6.45, 7) is 0. The second kappa shape index (κ2) is 3.72. The first-order valence-electron chi connectivity index (χ1n) is 3.52. The normalized spacial score (nSPS) is 12.5. The maximum atomic E-state index is 12.7. The number of nitrogens with two attached hydrogens (primary N) is 2. The third-order valence-corrected chi connectivity index (χ3v) is 1.90. The molecule has 1 amide bonds. The first-order chi connectivity index (χ1) is 6.02. The minimum atomic E-state index is -0.946. The third-order valence-electron chi connectivity index (χ3n) is 1.61. The highest BCUT2D eigenvalue weighted by Gasteiger charge is 2.13. The van der Waals surface area contributed by atoms with Crippen LogP contribution in [0.4, 0.5) is 4.39 Å². The number of amides is 1. The molecule has 4 N–H and O–H groups in total. The maximum Gasteiger partial charge on any atom is 0.238 e. The highest BCUT2D eigenvalue weighted by molar-refractivity contribution is 6.30. The number of hydrogen-bond acceptors (Lipinski definition) is 2.